The van der Waals surface area contributed by atoms with E-state index in [2.05, 4.69) is 10.2 Å². The van der Waals surface area contributed by atoms with Gasteiger partial charge in [-0.05, 0) is 25.8 Å². The molecule has 1 aliphatic rings. The molecule has 1 aliphatic carbocycles. The van der Waals surface area contributed by atoms with Gasteiger partial charge in [-0.3, -0.25) is 0 Å². The summed E-state index contributed by atoms with van der Waals surface area (Å²) in [4.78, 5) is 0. The lowest BCUT2D eigenvalue weighted by Crippen LogP contribution is -2.03. The fourth-order valence-electron chi connectivity index (χ4n) is 2.14. The minimum absolute atomic E-state index is 0.697. The highest BCUT2D eigenvalue weighted by Crippen LogP contribution is 2.34. The van der Waals surface area contributed by atoms with Gasteiger partial charge in [0, 0.05) is 12.3 Å². The minimum Gasteiger partial charge on any atom is -0.330 e. The Hall–Kier alpha value is -0.480. The average Bonchev–Trinajstić information content (AvgIpc) is 2.76. The zero-order valence-electron chi connectivity index (χ0n) is 9.11. The van der Waals surface area contributed by atoms with Crippen molar-refractivity contribution in [2.24, 2.45) is 5.73 Å². The van der Waals surface area contributed by atoms with E-state index in [0.29, 0.717) is 5.92 Å². The molecule has 3 nitrogen and oxygen atoms in total. The second-order valence-corrected chi connectivity index (χ2v) is 5.35. The van der Waals surface area contributed by atoms with Crippen LogP contribution in [-0.4, -0.2) is 16.7 Å². The molecule has 4 heteroatoms. The molecule has 0 spiro atoms. The van der Waals surface area contributed by atoms with E-state index in [1.54, 1.807) is 11.3 Å². The molecule has 15 heavy (non-hydrogen) atoms. The molecule has 1 aromatic heterocycles. The first-order chi connectivity index (χ1) is 7.40. The summed E-state index contributed by atoms with van der Waals surface area (Å²) in [5, 5.41) is 11.0. The summed E-state index contributed by atoms with van der Waals surface area (Å²) in [6.45, 7) is 0.748. The summed E-state index contributed by atoms with van der Waals surface area (Å²) in [6, 6.07) is 0. The molecule has 1 aromatic rings. The van der Waals surface area contributed by atoms with Crippen LogP contribution in [0.2, 0.25) is 0 Å². The van der Waals surface area contributed by atoms with Crippen LogP contribution >= 0.6 is 11.3 Å². The lowest BCUT2D eigenvalue weighted by molar-refractivity contribution is 0.440. The molecule has 1 saturated carbocycles. The van der Waals surface area contributed by atoms with E-state index in [1.165, 1.54) is 42.1 Å². The van der Waals surface area contributed by atoms with E-state index in [1.807, 2.05) is 0 Å². The largest absolute Gasteiger partial charge is 0.330 e. The molecule has 0 aliphatic heterocycles. The maximum Gasteiger partial charge on any atom is 0.120 e. The minimum atomic E-state index is 0.697. The number of hydrogen-bond acceptors (Lipinski definition) is 4. The van der Waals surface area contributed by atoms with Crippen molar-refractivity contribution in [1.29, 1.82) is 0 Å². The molecule has 0 amide bonds. The maximum absolute atomic E-state index is 5.48. The van der Waals surface area contributed by atoms with Gasteiger partial charge in [0.05, 0.1) is 0 Å². The third-order valence-electron chi connectivity index (χ3n) is 3.03. The Balaban J connectivity index is 1.93. The molecule has 0 unspecified atom stereocenters. The lowest BCUT2D eigenvalue weighted by atomic mass is 9.90. The third kappa shape index (κ3) is 2.98. The number of nitrogens with zero attached hydrogens (tertiary/aromatic N) is 2. The van der Waals surface area contributed by atoms with Crippen LogP contribution < -0.4 is 5.73 Å². The second-order valence-electron chi connectivity index (χ2n) is 4.26. The van der Waals surface area contributed by atoms with Crippen molar-refractivity contribution in [2.75, 3.05) is 6.54 Å². The van der Waals surface area contributed by atoms with E-state index in [0.717, 1.165) is 19.4 Å². The highest BCUT2D eigenvalue weighted by atomic mass is 32.1. The summed E-state index contributed by atoms with van der Waals surface area (Å²) in [5.74, 6) is 0.697. The van der Waals surface area contributed by atoms with Crippen LogP contribution in [0.4, 0.5) is 0 Å². The predicted molar refractivity (Wildman–Crippen MR) is 63.1 cm³/mol. The number of aromatic nitrogens is 2. The summed E-state index contributed by atoms with van der Waals surface area (Å²) in [5.41, 5.74) is 5.48. The normalized spacial score (nSPS) is 18.2. The van der Waals surface area contributed by atoms with Crippen LogP contribution in [0.1, 0.15) is 54.5 Å². The van der Waals surface area contributed by atoms with Crippen LogP contribution in [0, 0.1) is 0 Å². The summed E-state index contributed by atoms with van der Waals surface area (Å²) in [6.07, 6.45) is 8.78. The van der Waals surface area contributed by atoms with Crippen LogP contribution in [0.3, 0.4) is 0 Å². The van der Waals surface area contributed by atoms with Gasteiger partial charge in [0.2, 0.25) is 0 Å². The molecule has 84 valence electrons. The van der Waals surface area contributed by atoms with Crippen LogP contribution in [0.5, 0.6) is 0 Å². The van der Waals surface area contributed by atoms with Crippen molar-refractivity contribution in [3.8, 4) is 0 Å². The predicted octanol–water partition coefficient (Wildman–Crippen LogP) is 2.48. The topological polar surface area (TPSA) is 51.8 Å². The van der Waals surface area contributed by atoms with Gasteiger partial charge in [-0.25, -0.2) is 0 Å². The van der Waals surface area contributed by atoms with E-state index < -0.39 is 0 Å². The van der Waals surface area contributed by atoms with Crippen molar-refractivity contribution < 1.29 is 0 Å². The first kappa shape index (κ1) is 11.0. The van der Waals surface area contributed by atoms with E-state index in [-0.39, 0.29) is 0 Å². The van der Waals surface area contributed by atoms with Crippen LogP contribution in [0.15, 0.2) is 0 Å². The standard InChI is InChI=1S/C11H19N3S/c12-8-4-7-10-13-14-11(15-10)9-5-2-1-3-6-9/h9H,1-8,12H2. The Labute approximate surface area is 95.1 Å². The highest BCUT2D eigenvalue weighted by Gasteiger charge is 2.19. The van der Waals surface area contributed by atoms with Crippen molar-refractivity contribution in [2.45, 2.75) is 50.9 Å². The average molecular weight is 225 g/mol. The summed E-state index contributed by atoms with van der Waals surface area (Å²) >= 11 is 1.80. The van der Waals surface area contributed by atoms with E-state index in [9.17, 15) is 0 Å². The first-order valence-electron chi connectivity index (χ1n) is 5.92. The molecule has 2 N–H and O–H groups in total. The fourth-order valence-corrected chi connectivity index (χ4v) is 3.19. The van der Waals surface area contributed by atoms with Gasteiger partial charge in [0.25, 0.3) is 0 Å². The number of nitrogens with two attached hydrogens (primary N) is 1. The Morgan fingerprint density at radius 2 is 2.00 bits per heavy atom. The van der Waals surface area contributed by atoms with Crippen molar-refractivity contribution >= 4 is 11.3 Å². The Morgan fingerprint density at radius 3 is 2.73 bits per heavy atom. The molecule has 0 radical (unpaired) electrons. The Kier molecular flexibility index (Phi) is 4.09. The second kappa shape index (κ2) is 5.56. The number of rotatable bonds is 4. The molecule has 0 bridgehead atoms. The van der Waals surface area contributed by atoms with Gasteiger partial charge in [-0.15, -0.1) is 21.5 Å². The Bertz CT molecular complexity index is 292. The van der Waals surface area contributed by atoms with Crippen molar-refractivity contribution in [1.82, 2.24) is 10.2 Å². The smallest absolute Gasteiger partial charge is 0.120 e. The van der Waals surface area contributed by atoms with Gasteiger partial charge in [-0.2, -0.15) is 0 Å². The highest BCUT2D eigenvalue weighted by molar-refractivity contribution is 7.11. The zero-order valence-corrected chi connectivity index (χ0v) is 9.93. The lowest BCUT2D eigenvalue weighted by Gasteiger charge is -2.18. The molecule has 0 aromatic carbocycles. The molecule has 2 rings (SSSR count). The SMILES string of the molecule is NCCCc1nnc(C2CCCCC2)s1. The van der Waals surface area contributed by atoms with Gasteiger partial charge in [0.1, 0.15) is 10.0 Å². The Morgan fingerprint density at radius 1 is 1.20 bits per heavy atom. The van der Waals surface area contributed by atoms with Gasteiger partial charge in [0.15, 0.2) is 0 Å². The molecular weight excluding hydrogens is 206 g/mol. The van der Waals surface area contributed by atoms with E-state index >= 15 is 0 Å². The molecular formula is C11H19N3S. The van der Waals surface area contributed by atoms with Gasteiger partial charge in [-0.1, -0.05) is 19.3 Å². The number of hydrogen-bond donors (Lipinski definition) is 1. The maximum atomic E-state index is 5.48. The van der Waals surface area contributed by atoms with Crippen LogP contribution in [-0.2, 0) is 6.42 Å². The molecule has 1 heterocycles. The first-order valence-corrected chi connectivity index (χ1v) is 6.74. The number of aryl methyl sites for hydroxylation is 1. The van der Waals surface area contributed by atoms with Crippen molar-refractivity contribution in [3.63, 3.8) is 0 Å². The van der Waals surface area contributed by atoms with Gasteiger partial charge < -0.3 is 5.73 Å². The summed E-state index contributed by atoms with van der Waals surface area (Å²) < 4.78 is 0. The zero-order chi connectivity index (χ0) is 10.5. The van der Waals surface area contributed by atoms with E-state index in [4.69, 9.17) is 5.73 Å². The summed E-state index contributed by atoms with van der Waals surface area (Å²) in [7, 11) is 0. The fraction of sp³-hybridized carbons (Fsp3) is 0.818. The monoisotopic (exact) mass is 225 g/mol. The molecule has 0 saturated heterocycles. The van der Waals surface area contributed by atoms with Crippen LogP contribution in [0.25, 0.3) is 0 Å². The quantitative estimate of drug-likeness (QED) is 0.856. The molecule has 1 fully saturated rings. The molecule has 0 atom stereocenters. The van der Waals surface area contributed by atoms with Crippen molar-refractivity contribution in [3.05, 3.63) is 10.0 Å². The van der Waals surface area contributed by atoms with Gasteiger partial charge >= 0.3 is 0 Å². The third-order valence-corrected chi connectivity index (χ3v) is 4.18.